The molecule has 6 nitrogen and oxygen atoms in total. The Morgan fingerprint density at radius 1 is 1.18 bits per heavy atom. The van der Waals surface area contributed by atoms with Crippen molar-refractivity contribution in [3.63, 3.8) is 0 Å². The van der Waals surface area contributed by atoms with Crippen molar-refractivity contribution >= 4 is 17.6 Å². The Bertz CT molecular complexity index is 1010. The smallest absolute Gasteiger partial charge is 0.173 e. The first-order valence-corrected chi connectivity index (χ1v) is 8.73. The number of aryl methyl sites for hydroxylation is 1. The highest BCUT2D eigenvalue weighted by molar-refractivity contribution is 6.09. The van der Waals surface area contributed by atoms with Gasteiger partial charge in [0.2, 0.25) is 0 Å². The second kappa shape index (κ2) is 8.85. The fourth-order valence-electron chi connectivity index (χ4n) is 2.72. The molecule has 0 aromatic carbocycles. The average Bonchev–Trinajstić information content (AvgIpc) is 2.72. The first-order valence-electron chi connectivity index (χ1n) is 8.73. The van der Waals surface area contributed by atoms with Crippen LogP contribution in [0.3, 0.4) is 0 Å². The lowest BCUT2D eigenvalue weighted by Gasteiger charge is -2.10. The van der Waals surface area contributed by atoms with Crippen molar-refractivity contribution in [3.8, 4) is 11.3 Å². The number of aromatic nitrogens is 3. The Balaban J connectivity index is 1.74. The van der Waals surface area contributed by atoms with Crippen LogP contribution in [-0.2, 0) is 6.54 Å². The Labute approximate surface area is 163 Å². The molecule has 0 aliphatic rings. The molecule has 0 saturated heterocycles. The van der Waals surface area contributed by atoms with E-state index in [1.54, 1.807) is 25.5 Å². The van der Waals surface area contributed by atoms with Crippen LogP contribution < -0.4 is 11.1 Å². The number of hydrogen-bond acceptors (Lipinski definition) is 6. The summed E-state index contributed by atoms with van der Waals surface area (Å²) in [6, 6.07) is 9.34. The molecule has 0 amide bonds. The third kappa shape index (κ3) is 4.37. The molecule has 0 fully saturated rings. The molecule has 3 aromatic heterocycles. The number of allylic oxidation sites excluding steroid dienone is 1. The molecule has 0 radical (unpaired) electrons. The standard InChI is InChI=1S/C21H21FN6/c1-14-9-16(5-7-25-14)19-4-3-15(11-27-19)12-28-21-20(22)18(6-8-26-21)17(10-23)13-24-2/h3-11,13H,12,23H2,1-2H3,(H,26,28). The first-order chi connectivity index (χ1) is 13.6. The van der Waals surface area contributed by atoms with Crippen molar-refractivity contribution in [2.24, 2.45) is 10.7 Å². The highest BCUT2D eigenvalue weighted by Crippen LogP contribution is 2.22. The molecule has 3 aromatic rings. The maximum absolute atomic E-state index is 14.8. The number of pyridine rings is 3. The normalized spacial score (nSPS) is 11.8. The highest BCUT2D eigenvalue weighted by atomic mass is 19.1. The minimum atomic E-state index is -0.476. The summed E-state index contributed by atoms with van der Waals surface area (Å²) in [6.07, 6.45) is 7.87. The van der Waals surface area contributed by atoms with Crippen molar-refractivity contribution in [2.45, 2.75) is 13.5 Å². The number of halogens is 1. The molecular formula is C21H21FN6. The Hall–Kier alpha value is -3.61. The van der Waals surface area contributed by atoms with Gasteiger partial charge in [0, 0.05) is 67.0 Å². The summed E-state index contributed by atoms with van der Waals surface area (Å²) in [5.74, 6) is -0.328. The van der Waals surface area contributed by atoms with E-state index in [0.29, 0.717) is 17.7 Å². The van der Waals surface area contributed by atoms with Crippen molar-refractivity contribution in [3.05, 3.63) is 77.8 Å². The van der Waals surface area contributed by atoms with Gasteiger partial charge in [-0.05, 0) is 36.8 Å². The van der Waals surface area contributed by atoms with Crippen LogP contribution in [-0.4, -0.2) is 28.2 Å². The molecular weight excluding hydrogens is 355 g/mol. The van der Waals surface area contributed by atoms with Crippen molar-refractivity contribution in [1.82, 2.24) is 15.0 Å². The quantitative estimate of drug-likeness (QED) is 0.642. The number of hydrogen-bond donors (Lipinski definition) is 2. The lowest BCUT2D eigenvalue weighted by Crippen LogP contribution is -2.06. The maximum Gasteiger partial charge on any atom is 0.173 e. The molecule has 7 heteroatoms. The van der Waals surface area contributed by atoms with Gasteiger partial charge < -0.3 is 11.1 Å². The van der Waals surface area contributed by atoms with Gasteiger partial charge in [-0.3, -0.25) is 15.0 Å². The fourth-order valence-corrected chi connectivity index (χ4v) is 2.72. The van der Waals surface area contributed by atoms with E-state index in [1.807, 2.05) is 31.2 Å². The van der Waals surface area contributed by atoms with Gasteiger partial charge in [0.15, 0.2) is 11.6 Å². The first kappa shape index (κ1) is 19.2. The zero-order valence-corrected chi connectivity index (χ0v) is 15.7. The van der Waals surface area contributed by atoms with Crippen LogP contribution in [0, 0.1) is 12.7 Å². The van der Waals surface area contributed by atoms with E-state index in [0.717, 1.165) is 22.5 Å². The van der Waals surface area contributed by atoms with Gasteiger partial charge in [0.25, 0.3) is 0 Å². The van der Waals surface area contributed by atoms with Crippen molar-refractivity contribution < 1.29 is 4.39 Å². The lowest BCUT2D eigenvalue weighted by atomic mass is 10.1. The van der Waals surface area contributed by atoms with Gasteiger partial charge in [-0.15, -0.1) is 0 Å². The van der Waals surface area contributed by atoms with E-state index in [1.165, 1.54) is 18.6 Å². The zero-order chi connectivity index (χ0) is 19.9. The summed E-state index contributed by atoms with van der Waals surface area (Å²) in [6.45, 7) is 2.33. The van der Waals surface area contributed by atoms with Crippen LogP contribution in [0.2, 0.25) is 0 Å². The highest BCUT2D eigenvalue weighted by Gasteiger charge is 2.12. The van der Waals surface area contributed by atoms with E-state index in [2.05, 4.69) is 25.3 Å². The molecule has 3 heterocycles. The summed E-state index contributed by atoms with van der Waals surface area (Å²) >= 11 is 0. The molecule has 0 aliphatic carbocycles. The van der Waals surface area contributed by atoms with E-state index in [9.17, 15) is 4.39 Å². The topological polar surface area (TPSA) is 89.1 Å². The Kier molecular flexibility index (Phi) is 6.06. The minimum absolute atomic E-state index is 0.148. The molecule has 0 spiro atoms. The van der Waals surface area contributed by atoms with E-state index >= 15 is 0 Å². The van der Waals surface area contributed by atoms with Gasteiger partial charge in [-0.25, -0.2) is 9.37 Å². The summed E-state index contributed by atoms with van der Waals surface area (Å²) in [7, 11) is 1.60. The van der Waals surface area contributed by atoms with Crippen LogP contribution in [0.5, 0.6) is 0 Å². The van der Waals surface area contributed by atoms with Crippen LogP contribution >= 0.6 is 0 Å². The predicted molar refractivity (Wildman–Crippen MR) is 110 cm³/mol. The van der Waals surface area contributed by atoms with Gasteiger partial charge in [0.1, 0.15) is 0 Å². The minimum Gasteiger partial charge on any atom is -0.404 e. The monoisotopic (exact) mass is 376 g/mol. The summed E-state index contributed by atoms with van der Waals surface area (Å²) in [5, 5.41) is 3.01. The maximum atomic E-state index is 14.8. The van der Waals surface area contributed by atoms with Gasteiger partial charge in [-0.1, -0.05) is 6.07 Å². The summed E-state index contributed by atoms with van der Waals surface area (Å²) in [4.78, 5) is 16.6. The number of nitrogens with two attached hydrogens (primary N) is 1. The second-order valence-electron chi connectivity index (χ2n) is 6.12. The van der Waals surface area contributed by atoms with Gasteiger partial charge in [0.05, 0.1) is 5.69 Å². The fraction of sp³-hybridized carbons (Fsp3) is 0.143. The summed E-state index contributed by atoms with van der Waals surface area (Å²) in [5.41, 5.74) is 10.1. The molecule has 28 heavy (non-hydrogen) atoms. The average molecular weight is 376 g/mol. The van der Waals surface area contributed by atoms with Crippen LogP contribution in [0.4, 0.5) is 10.2 Å². The molecule has 0 atom stereocenters. The number of aliphatic imine (C=N–C) groups is 1. The molecule has 3 rings (SSSR count). The second-order valence-corrected chi connectivity index (χ2v) is 6.12. The molecule has 0 saturated carbocycles. The van der Waals surface area contributed by atoms with Crippen molar-refractivity contribution in [2.75, 3.05) is 12.4 Å². The molecule has 3 N–H and O–H groups in total. The molecule has 0 aliphatic heterocycles. The van der Waals surface area contributed by atoms with E-state index in [4.69, 9.17) is 5.73 Å². The van der Waals surface area contributed by atoms with Gasteiger partial charge >= 0.3 is 0 Å². The third-order valence-corrected chi connectivity index (χ3v) is 4.13. The molecule has 0 unspecified atom stereocenters. The van der Waals surface area contributed by atoms with Crippen LogP contribution in [0.1, 0.15) is 16.8 Å². The van der Waals surface area contributed by atoms with E-state index < -0.39 is 5.82 Å². The predicted octanol–water partition coefficient (Wildman–Crippen LogP) is 3.60. The molecule has 142 valence electrons. The van der Waals surface area contributed by atoms with E-state index in [-0.39, 0.29) is 5.82 Å². The number of nitrogens with zero attached hydrogens (tertiary/aromatic N) is 4. The Morgan fingerprint density at radius 2 is 2.00 bits per heavy atom. The van der Waals surface area contributed by atoms with Crippen molar-refractivity contribution in [1.29, 1.82) is 0 Å². The van der Waals surface area contributed by atoms with Crippen LogP contribution in [0.25, 0.3) is 16.8 Å². The zero-order valence-electron chi connectivity index (χ0n) is 15.7. The number of nitrogens with one attached hydrogen (secondary N) is 1. The number of rotatable bonds is 6. The summed E-state index contributed by atoms with van der Waals surface area (Å²) < 4.78 is 14.8. The van der Waals surface area contributed by atoms with Gasteiger partial charge in [-0.2, -0.15) is 0 Å². The third-order valence-electron chi connectivity index (χ3n) is 4.13. The Morgan fingerprint density at radius 3 is 2.68 bits per heavy atom. The largest absolute Gasteiger partial charge is 0.404 e. The van der Waals surface area contributed by atoms with Crippen LogP contribution in [0.15, 0.2) is 60.1 Å². The number of anilines is 1. The molecule has 0 bridgehead atoms. The lowest BCUT2D eigenvalue weighted by molar-refractivity contribution is 0.621. The SMILES string of the molecule is CN=CC(=CN)c1ccnc(NCc2ccc(-c3ccnc(C)c3)nc2)c1F.